The molecule has 2 rings (SSSR count). The van der Waals surface area contributed by atoms with Gasteiger partial charge in [-0.3, -0.25) is 0 Å². The van der Waals surface area contributed by atoms with Crippen LogP contribution in [0.15, 0.2) is 59.1 Å². The van der Waals surface area contributed by atoms with Gasteiger partial charge in [0.1, 0.15) is 0 Å². The standard InChI is InChI=1S/C16H19BrN2/c1-18(15-6-4-3-5-7-15)12-13-19(2)16-10-8-14(17)9-11-16/h3-11H,12-13H2,1-2H3. The first-order valence-corrected chi connectivity index (χ1v) is 7.19. The second-order valence-electron chi connectivity index (χ2n) is 4.66. The van der Waals surface area contributed by atoms with E-state index in [9.17, 15) is 0 Å². The minimum Gasteiger partial charge on any atom is -0.373 e. The number of rotatable bonds is 5. The Labute approximate surface area is 123 Å². The molecule has 0 aliphatic rings. The fraction of sp³-hybridized carbons (Fsp3) is 0.250. The minimum atomic E-state index is 0.993. The highest BCUT2D eigenvalue weighted by Crippen LogP contribution is 2.17. The van der Waals surface area contributed by atoms with Crippen LogP contribution in [0.5, 0.6) is 0 Å². The number of hydrogen-bond acceptors (Lipinski definition) is 2. The fourth-order valence-corrected chi connectivity index (χ4v) is 2.20. The van der Waals surface area contributed by atoms with Crippen LogP contribution in [-0.2, 0) is 0 Å². The summed E-state index contributed by atoms with van der Waals surface area (Å²) in [7, 11) is 4.26. The Morgan fingerprint density at radius 3 is 1.74 bits per heavy atom. The van der Waals surface area contributed by atoms with E-state index in [0.29, 0.717) is 0 Å². The molecule has 2 aromatic rings. The summed E-state index contributed by atoms with van der Waals surface area (Å²) in [6, 6.07) is 18.9. The molecule has 0 spiro atoms. The lowest BCUT2D eigenvalue weighted by molar-refractivity contribution is 0.833. The van der Waals surface area contributed by atoms with Gasteiger partial charge in [-0.25, -0.2) is 0 Å². The third-order valence-corrected chi connectivity index (χ3v) is 3.76. The van der Waals surface area contributed by atoms with Gasteiger partial charge < -0.3 is 9.80 Å². The molecule has 0 saturated carbocycles. The zero-order valence-electron chi connectivity index (χ0n) is 11.4. The zero-order chi connectivity index (χ0) is 13.7. The van der Waals surface area contributed by atoms with E-state index in [2.05, 4.69) is 88.4 Å². The Kier molecular flexibility index (Phi) is 4.86. The summed E-state index contributed by atoms with van der Waals surface area (Å²) in [5.74, 6) is 0. The van der Waals surface area contributed by atoms with Crippen molar-refractivity contribution in [1.82, 2.24) is 0 Å². The average molecular weight is 319 g/mol. The Morgan fingerprint density at radius 2 is 1.21 bits per heavy atom. The van der Waals surface area contributed by atoms with Crippen molar-refractivity contribution in [3.63, 3.8) is 0 Å². The summed E-state index contributed by atoms with van der Waals surface area (Å²) >= 11 is 3.46. The Bertz CT molecular complexity index is 496. The molecule has 19 heavy (non-hydrogen) atoms. The predicted molar refractivity (Wildman–Crippen MR) is 87.1 cm³/mol. The van der Waals surface area contributed by atoms with Crippen LogP contribution in [0.1, 0.15) is 0 Å². The van der Waals surface area contributed by atoms with Crippen LogP contribution in [0, 0.1) is 0 Å². The van der Waals surface area contributed by atoms with Crippen LogP contribution < -0.4 is 9.80 Å². The van der Waals surface area contributed by atoms with E-state index in [1.807, 2.05) is 6.07 Å². The van der Waals surface area contributed by atoms with Crippen molar-refractivity contribution in [2.45, 2.75) is 0 Å². The molecule has 0 aliphatic carbocycles. The van der Waals surface area contributed by atoms with Gasteiger partial charge >= 0.3 is 0 Å². The lowest BCUT2D eigenvalue weighted by Gasteiger charge is -2.25. The first-order valence-electron chi connectivity index (χ1n) is 6.40. The van der Waals surface area contributed by atoms with Crippen molar-refractivity contribution in [3.8, 4) is 0 Å². The smallest absolute Gasteiger partial charge is 0.0364 e. The highest BCUT2D eigenvalue weighted by Gasteiger charge is 2.04. The SMILES string of the molecule is CN(CCN(C)c1ccc(Br)cc1)c1ccccc1. The number of benzene rings is 2. The van der Waals surface area contributed by atoms with Crippen molar-refractivity contribution in [2.75, 3.05) is 37.0 Å². The van der Waals surface area contributed by atoms with E-state index in [0.717, 1.165) is 17.6 Å². The molecular formula is C16H19BrN2. The molecule has 0 saturated heterocycles. The molecule has 0 bridgehead atoms. The molecule has 0 aliphatic heterocycles. The van der Waals surface area contributed by atoms with Crippen molar-refractivity contribution < 1.29 is 0 Å². The number of anilines is 2. The summed E-state index contributed by atoms with van der Waals surface area (Å²) in [4.78, 5) is 4.54. The summed E-state index contributed by atoms with van der Waals surface area (Å²) < 4.78 is 1.12. The zero-order valence-corrected chi connectivity index (χ0v) is 13.0. The fourth-order valence-electron chi connectivity index (χ4n) is 1.94. The van der Waals surface area contributed by atoms with Crippen LogP contribution in [0.4, 0.5) is 11.4 Å². The quantitative estimate of drug-likeness (QED) is 0.821. The van der Waals surface area contributed by atoms with Crippen LogP contribution in [-0.4, -0.2) is 27.2 Å². The van der Waals surface area contributed by atoms with E-state index in [1.54, 1.807) is 0 Å². The minimum absolute atomic E-state index is 0.993. The van der Waals surface area contributed by atoms with Gasteiger partial charge in [-0.2, -0.15) is 0 Å². The maximum Gasteiger partial charge on any atom is 0.0364 e. The number of para-hydroxylation sites is 1. The maximum absolute atomic E-state index is 3.46. The van der Waals surface area contributed by atoms with Gasteiger partial charge in [0.15, 0.2) is 0 Å². The third kappa shape index (κ3) is 4.00. The Balaban J connectivity index is 1.90. The van der Waals surface area contributed by atoms with E-state index >= 15 is 0 Å². The van der Waals surface area contributed by atoms with E-state index < -0.39 is 0 Å². The predicted octanol–water partition coefficient (Wildman–Crippen LogP) is 4.02. The molecule has 0 amide bonds. The molecule has 0 fully saturated rings. The summed E-state index contributed by atoms with van der Waals surface area (Å²) in [6.45, 7) is 1.99. The van der Waals surface area contributed by atoms with Gasteiger partial charge in [0, 0.05) is 43.0 Å². The van der Waals surface area contributed by atoms with E-state index in [-0.39, 0.29) is 0 Å². The molecule has 0 heterocycles. The molecule has 0 atom stereocenters. The Hall–Kier alpha value is -1.48. The lowest BCUT2D eigenvalue weighted by Crippen LogP contribution is -2.30. The molecule has 2 nitrogen and oxygen atoms in total. The number of hydrogen-bond donors (Lipinski definition) is 0. The summed E-state index contributed by atoms with van der Waals surface area (Å²) in [5.41, 5.74) is 2.50. The van der Waals surface area contributed by atoms with Crippen LogP contribution in [0.25, 0.3) is 0 Å². The average Bonchev–Trinajstić information content (AvgIpc) is 2.46. The molecule has 0 N–H and O–H groups in total. The van der Waals surface area contributed by atoms with Crippen LogP contribution >= 0.6 is 15.9 Å². The second kappa shape index (κ2) is 6.62. The van der Waals surface area contributed by atoms with E-state index in [4.69, 9.17) is 0 Å². The summed E-state index contributed by atoms with van der Waals surface area (Å²) in [5, 5.41) is 0. The lowest BCUT2D eigenvalue weighted by atomic mass is 10.3. The summed E-state index contributed by atoms with van der Waals surface area (Å²) in [6.07, 6.45) is 0. The normalized spacial score (nSPS) is 10.3. The maximum atomic E-state index is 3.46. The van der Waals surface area contributed by atoms with Crippen molar-refractivity contribution >= 4 is 27.3 Å². The number of nitrogens with zero attached hydrogens (tertiary/aromatic N) is 2. The monoisotopic (exact) mass is 318 g/mol. The Morgan fingerprint density at radius 1 is 0.737 bits per heavy atom. The highest BCUT2D eigenvalue weighted by atomic mass is 79.9. The van der Waals surface area contributed by atoms with Gasteiger partial charge in [0.05, 0.1) is 0 Å². The van der Waals surface area contributed by atoms with Gasteiger partial charge in [-0.15, -0.1) is 0 Å². The first-order chi connectivity index (χ1) is 9.16. The molecule has 0 unspecified atom stereocenters. The highest BCUT2D eigenvalue weighted by molar-refractivity contribution is 9.10. The second-order valence-corrected chi connectivity index (χ2v) is 5.57. The van der Waals surface area contributed by atoms with Gasteiger partial charge in [-0.1, -0.05) is 34.1 Å². The first kappa shape index (κ1) is 13.9. The molecule has 100 valence electrons. The third-order valence-electron chi connectivity index (χ3n) is 3.24. The van der Waals surface area contributed by atoms with Crippen molar-refractivity contribution in [2.24, 2.45) is 0 Å². The molecule has 0 aromatic heterocycles. The topological polar surface area (TPSA) is 6.48 Å². The molecular weight excluding hydrogens is 300 g/mol. The van der Waals surface area contributed by atoms with E-state index in [1.165, 1.54) is 11.4 Å². The number of halogens is 1. The van der Waals surface area contributed by atoms with Crippen molar-refractivity contribution in [3.05, 3.63) is 59.1 Å². The van der Waals surface area contributed by atoms with Crippen LogP contribution in [0.3, 0.4) is 0 Å². The van der Waals surface area contributed by atoms with Gasteiger partial charge in [0.2, 0.25) is 0 Å². The number of likely N-dealkylation sites (N-methyl/N-ethyl adjacent to an activating group) is 2. The molecule has 2 aromatic carbocycles. The molecule has 0 radical (unpaired) electrons. The molecule has 3 heteroatoms. The van der Waals surface area contributed by atoms with Crippen molar-refractivity contribution in [1.29, 1.82) is 0 Å². The van der Waals surface area contributed by atoms with Crippen LogP contribution in [0.2, 0.25) is 0 Å². The largest absolute Gasteiger partial charge is 0.373 e. The van der Waals surface area contributed by atoms with Gasteiger partial charge in [-0.05, 0) is 36.4 Å². The van der Waals surface area contributed by atoms with Gasteiger partial charge in [0.25, 0.3) is 0 Å².